The molecule has 0 radical (unpaired) electrons. The molecule has 0 unspecified atom stereocenters. The summed E-state index contributed by atoms with van der Waals surface area (Å²) in [6, 6.07) is 30.1. The minimum atomic E-state index is -6.09. The van der Waals surface area contributed by atoms with E-state index in [4.69, 9.17) is 17.7 Å². The topological polar surface area (TPSA) is 66.4 Å². The van der Waals surface area contributed by atoms with E-state index in [0.29, 0.717) is 0 Å². The molecule has 0 amide bonds. The Kier molecular flexibility index (Phi) is 9.61. The first-order valence-corrected chi connectivity index (χ1v) is 13.1. The van der Waals surface area contributed by atoms with Gasteiger partial charge >= 0.3 is 5.51 Å². The molecule has 0 N–H and O–H groups in total. The van der Waals surface area contributed by atoms with Gasteiger partial charge in [-0.2, -0.15) is 13.2 Å². The average molecular weight is 513 g/mol. The van der Waals surface area contributed by atoms with Crippen LogP contribution in [0.4, 0.5) is 13.2 Å². The van der Waals surface area contributed by atoms with E-state index in [0.717, 1.165) is 18.6 Å². The summed E-state index contributed by atoms with van der Waals surface area (Å²) in [6.45, 7) is 6.51. The van der Waals surface area contributed by atoms with Crippen LogP contribution in [0.2, 0.25) is 0 Å². The van der Waals surface area contributed by atoms with Crippen molar-refractivity contribution in [3.63, 3.8) is 0 Å². The molecule has 0 aliphatic heterocycles. The summed E-state index contributed by atoms with van der Waals surface area (Å²) in [5, 5.41) is 0. The van der Waals surface area contributed by atoms with Crippen LogP contribution in [-0.2, 0) is 21.0 Å². The summed E-state index contributed by atoms with van der Waals surface area (Å²) in [7, 11) is -6.20. The lowest BCUT2D eigenvalue weighted by molar-refractivity contribution is -0.0517. The van der Waals surface area contributed by atoms with Crippen LogP contribution in [0, 0.1) is 0 Å². The van der Waals surface area contributed by atoms with E-state index in [9.17, 15) is 13.2 Å². The maximum absolute atomic E-state index is 10.7. The third kappa shape index (κ3) is 8.38. The van der Waals surface area contributed by atoms with Crippen molar-refractivity contribution in [2.24, 2.45) is 0 Å². The van der Waals surface area contributed by atoms with Crippen molar-refractivity contribution in [2.45, 2.75) is 59.4 Å². The van der Waals surface area contributed by atoms with Crippen LogP contribution in [0.5, 0.6) is 5.75 Å². The van der Waals surface area contributed by atoms with Crippen LogP contribution in [0.3, 0.4) is 0 Å². The third-order valence-electron chi connectivity index (χ3n) is 4.55. The lowest BCUT2D eigenvalue weighted by Gasteiger charge is -2.26. The molecule has 0 aliphatic carbocycles. The highest BCUT2D eigenvalue weighted by molar-refractivity contribution is 7.97. The van der Waals surface area contributed by atoms with Crippen LogP contribution in [0.25, 0.3) is 0 Å². The van der Waals surface area contributed by atoms with Gasteiger partial charge in [-0.15, -0.1) is 0 Å². The largest absolute Gasteiger partial charge is 0.741 e. The second-order valence-corrected chi connectivity index (χ2v) is 11.3. The SMILES string of the molecule is CCCC(C)(C)Oc1ccc([S+](c2ccccc2)c2ccccc2)cc1.O=S(=O)([O-])C(F)(F)F. The molecular formula is C25H27F3O4S2. The van der Waals surface area contributed by atoms with Crippen LogP contribution in [0.15, 0.2) is 99.6 Å². The Morgan fingerprint density at radius 2 is 1.18 bits per heavy atom. The van der Waals surface area contributed by atoms with Gasteiger partial charge in [-0.1, -0.05) is 49.7 Å². The van der Waals surface area contributed by atoms with E-state index in [1.54, 1.807) is 0 Å². The van der Waals surface area contributed by atoms with Gasteiger partial charge in [-0.25, -0.2) is 8.42 Å². The molecular weight excluding hydrogens is 485 g/mol. The zero-order valence-electron chi connectivity index (χ0n) is 19.1. The van der Waals surface area contributed by atoms with E-state index < -0.39 is 15.6 Å². The highest BCUT2D eigenvalue weighted by Gasteiger charge is 2.37. The number of hydrogen-bond acceptors (Lipinski definition) is 4. The standard InChI is InChI=1S/C24H27OS.CHF3O3S/c1-4-19-24(2,3)25-20-15-17-23(18-16-20)26(21-11-7-5-8-12-21)22-13-9-6-10-14-22;2-1(3,4)8(5,6)7/h5-18H,4,19H2,1-3H3;(H,5,6,7)/q+1;/p-1. The number of benzene rings is 3. The van der Waals surface area contributed by atoms with Gasteiger partial charge in [-0.3, -0.25) is 0 Å². The predicted molar refractivity (Wildman–Crippen MR) is 127 cm³/mol. The van der Waals surface area contributed by atoms with Gasteiger partial charge < -0.3 is 9.29 Å². The molecule has 3 rings (SSSR count). The van der Waals surface area contributed by atoms with Gasteiger partial charge in [0.2, 0.25) is 0 Å². The minimum absolute atomic E-state index is 0.105. The van der Waals surface area contributed by atoms with Crippen molar-refractivity contribution < 1.29 is 30.9 Å². The maximum Gasteiger partial charge on any atom is 0.485 e. The normalized spacial score (nSPS) is 12.1. The minimum Gasteiger partial charge on any atom is -0.741 e. The highest BCUT2D eigenvalue weighted by Crippen LogP contribution is 2.32. The Labute approximate surface area is 201 Å². The molecule has 0 fully saturated rings. The molecule has 0 bridgehead atoms. The van der Waals surface area contributed by atoms with Gasteiger partial charge in [0.25, 0.3) is 0 Å². The molecule has 3 aromatic carbocycles. The molecule has 4 nitrogen and oxygen atoms in total. The Balaban J connectivity index is 0.000000440. The van der Waals surface area contributed by atoms with Crippen LogP contribution in [-0.4, -0.2) is 24.1 Å². The average Bonchev–Trinajstić information content (AvgIpc) is 2.75. The molecule has 184 valence electrons. The van der Waals surface area contributed by atoms with Crippen LogP contribution in [0.1, 0.15) is 33.6 Å². The first kappa shape index (κ1) is 27.8. The van der Waals surface area contributed by atoms with Crippen molar-refractivity contribution in [3.8, 4) is 5.75 Å². The fraction of sp³-hybridized carbons (Fsp3) is 0.280. The number of ether oxygens (including phenoxy) is 1. The zero-order chi connectivity index (χ0) is 25.4. The lowest BCUT2D eigenvalue weighted by Crippen LogP contribution is -2.27. The summed E-state index contributed by atoms with van der Waals surface area (Å²) in [5.41, 5.74) is -5.77. The molecule has 0 spiro atoms. The van der Waals surface area contributed by atoms with E-state index in [1.165, 1.54) is 14.7 Å². The van der Waals surface area contributed by atoms with Crippen LogP contribution < -0.4 is 4.74 Å². The summed E-state index contributed by atoms with van der Waals surface area (Å²) in [6.07, 6.45) is 2.17. The van der Waals surface area contributed by atoms with Crippen molar-refractivity contribution in [3.05, 3.63) is 84.9 Å². The Morgan fingerprint density at radius 1 is 0.794 bits per heavy atom. The lowest BCUT2D eigenvalue weighted by atomic mass is 10.0. The van der Waals surface area contributed by atoms with Gasteiger partial charge in [0.15, 0.2) is 24.8 Å². The van der Waals surface area contributed by atoms with E-state index in [2.05, 4.69) is 106 Å². The fourth-order valence-corrected chi connectivity index (χ4v) is 5.22. The predicted octanol–water partition coefficient (Wildman–Crippen LogP) is 6.79. The van der Waals surface area contributed by atoms with Crippen molar-refractivity contribution in [1.29, 1.82) is 0 Å². The van der Waals surface area contributed by atoms with E-state index in [1.807, 2.05) is 0 Å². The van der Waals surface area contributed by atoms with E-state index >= 15 is 0 Å². The Hall–Kier alpha value is -2.49. The molecule has 34 heavy (non-hydrogen) atoms. The quantitative estimate of drug-likeness (QED) is 0.199. The Bertz CT molecular complexity index is 1080. The first-order valence-electron chi connectivity index (χ1n) is 10.5. The van der Waals surface area contributed by atoms with Crippen molar-refractivity contribution >= 4 is 21.0 Å². The number of hydrogen-bond donors (Lipinski definition) is 0. The molecule has 0 saturated heterocycles. The molecule has 9 heteroatoms. The number of rotatable bonds is 7. The Morgan fingerprint density at radius 3 is 1.53 bits per heavy atom. The fourth-order valence-electron chi connectivity index (χ4n) is 3.14. The molecule has 0 aromatic heterocycles. The van der Waals surface area contributed by atoms with Crippen molar-refractivity contribution in [2.75, 3.05) is 0 Å². The van der Waals surface area contributed by atoms with E-state index in [-0.39, 0.29) is 16.5 Å². The highest BCUT2D eigenvalue weighted by atomic mass is 32.2. The zero-order valence-corrected chi connectivity index (χ0v) is 20.7. The third-order valence-corrected chi connectivity index (χ3v) is 7.34. The molecule has 0 saturated carbocycles. The molecule has 3 aromatic rings. The molecule has 0 heterocycles. The van der Waals surface area contributed by atoms with Crippen LogP contribution >= 0.6 is 0 Å². The number of alkyl halides is 3. The van der Waals surface area contributed by atoms with Gasteiger partial charge in [0.1, 0.15) is 11.4 Å². The van der Waals surface area contributed by atoms with Gasteiger partial charge in [0.05, 0.1) is 10.9 Å². The summed E-state index contributed by atoms with van der Waals surface area (Å²) in [4.78, 5) is 3.97. The van der Waals surface area contributed by atoms with Gasteiger partial charge in [0, 0.05) is 0 Å². The maximum atomic E-state index is 10.7. The second-order valence-electron chi connectivity index (χ2n) is 7.92. The molecule has 0 aliphatic rings. The summed E-state index contributed by atoms with van der Waals surface area (Å²) in [5.74, 6) is 0.942. The number of halogens is 3. The monoisotopic (exact) mass is 512 g/mol. The summed E-state index contributed by atoms with van der Waals surface area (Å²) < 4.78 is 65.1. The summed E-state index contributed by atoms with van der Waals surface area (Å²) >= 11 is 0. The van der Waals surface area contributed by atoms with Gasteiger partial charge in [-0.05, 0) is 68.8 Å². The second kappa shape index (κ2) is 11.8. The molecule has 0 atom stereocenters. The smallest absolute Gasteiger partial charge is 0.485 e. The first-order chi connectivity index (χ1) is 15.8. The van der Waals surface area contributed by atoms with Crippen molar-refractivity contribution in [1.82, 2.24) is 0 Å².